The van der Waals surface area contributed by atoms with Crippen LogP contribution in [0.4, 0.5) is 0 Å². The molecular weight excluding hydrogens is 202 g/mol. The lowest BCUT2D eigenvalue weighted by atomic mass is 9.84. The molecule has 0 aromatic carbocycles. The Morgan fingerprint density at radius 1 is 1.50 bits per heavy atom. The molecule has 1 atom stereocenters. The molecular formula is C12H19N3O. The third kappa shape index (κ3) is 1.76. The van der Waals surface area contributed by atoms with Crippen LogP contribution in [0.25, 0.3) is 0 Å². The summed E-state index contributed by atoms with van der Waals surface area (Å²) >= 11 is 0. The van der Waals surface area contributed by atoms with Crippen molar-refractivity contribution in [2.24, 2.45) is 7.05 Å². The normalized spacial score (nSPS) is 28.7. The van der Waals surface area contributed by atoms with Crippen molar-refractivity contribution in [3.05, 3.63) is 18.0 Å². The van der Waals surface area contributed by atoms with Gasteiger partial charge in [-0.05, 0) is 37.9 Å². The number of nitrogens with one attached hydrogen (secondary N) is 1. The Morgan fingerprint density at radius 2 is 2.31 bits per heavy atom. The predicted octanol–water partition coefficient (Wildman–Crippen LogP) is 1.05. The summed E-state index contributed by atoms with van der Waals surface area (Å²) in [6, 6.07) is 0. The van der Waals surface area contributed by atoms with E-state index in [0.717, 1.165) is 32.5 Å². The first-order valence-electron chi connectivity index (χ1n) is 6.11. The number of hydrogen-bond acceptors (Lipinski definition) is 3. The largest absolute Gasteiger partial charge is 0.374 e. The van der Waals surface area contributed by atoms with Crippen LogP contribution in [0, 0.1) is 0 Å². The van der Waals surface area contributed by atoms with Gasteiger partial charge in [-0.1, -0.05) is 0 Å². The Labute approximate surface area is 96.0 Å². The fourth-order valence-electron chi connectivity index (χ4n) is 2.94. The second-order valence-corrected chi connectivity index (χ2v) is 5.09. The van der Waals surface area contributed by atoms with Crippen molar-refractivity contribution in [1.82, 2.24) is 15.1 Å². The molecule has 88 valence electrons. The maximum absolute atomic E-state index is 6.08. The van der Waals surface area contributed by atoms with Gasteiger partial charge in [0.1, 0.15) is 0 Å². The van der Waals surface area contributed by atoms with Crippen molar-refractivity contribution < 1.29 is 4.74 Å². The summed E-state index contributed by atoms with van der Waals surface area (Å²) in [5.74, 6) is 0.548. The van der Waals surface area contributed by atoms with Crippen LogP contribution in [0.1, 0.15) is 30.7 Å². The van der Waals surface area contributed by atoms with E-state index in [-0.39, 0.29) is 5.60 Å². The van der Waals surface area contributed by atoms with E-state index in [1.807, 2.05) is 17.9 Å². The van der Waals surface area contributed by atoms with Gasteiger partial charge in [-0.2, -0.15) is 5.10 Å². The van der Waals surface area contributed by atoms with E-state index in [4.69, 9.17) is 4.74 Å². The van der Waals surface area contributed by atoms with Gasteiger partial charge in [0, 0.05) is 19.2 Å². The maximum Gasteiger partial charge on any atom is 0.0713 e. The molecule has 0 unspecified atom stereocenters. The molecule has 4 nitrogen and oxygen atoms in total. The highest BCUT2D eigenvalue weighted by molar-refractivity contribution is 5.15. The van der Waals surface area contributed by atoms with Gasteiger partial charge in [-0.15, -0.1) is 0 Å². The summed E-state index contributed by atoms with van der Waals surface area (Å²) in [4.78, 5) is 0. The van der Waals surface area contributed by atoms with Crippen LogP contribution >= 0.6 is 0 Å². The molecule has 0 aliphatic carbocycles. The van der Waals surface area contributed by atoms with Gasteiger partial charge in [0.25, 0.3) is 0 Å². The Balaban J connectivity index is 1.72. The van der Waals surface area contributed by atoms with E-state index in [1.165, 1.54) is 12.0 Å². The standard InChI is InChI=1S/C12H19N3O/c1-15-8-11(7-14-15)10-6-12(16-9-10)2-4-13-5-3-12/h7-8,10,13H,2-6,9H2,1H3/t10-/m1/s1. The molecule has 1 aromatic rings. The lowest BCUT2D eigenvalue weighted by molar-refractivity contribution is -0.0193. The molecule has 0 radical (unpaired) electrons. The zero-order valence-electron chi connectivity index (χ0n) is 9.78. The minimum absolute atomic E-state index is 0.158. The van der Waals surface area contributed by atoms with Crippen LogP contribution < -0.4 is 5.32 Å². The second kappa shape index (κ2) is 3.86. The number of ether oxygens (including phenoxy) is 1. The van der Waals surface area contributed by atoms with Gasteiger partial charge >= 0.3 is 0 Å². The molecule has 0 bridgehead atoms. The van der Waals surface area contributed by atoms with Crippen LogP contribution in [-0.4, -0.2) is 35.1 Å². The van der Waals surface area contributed by atoms with Gasteiger partial charge in [0.05, 0.1) is 18.4 Å². The zero-order chi connectivity index (χ0) is 11.0. The van der Waals surface area contributed by atoms with E-state index in [2.05, 4.69) is 16.6 Å². The maximum atomic E-state index is 6.08. The van der Waals surface area contributed by atoms with E-state index < -0.39 is 0 Å². The fraction of sp³-hybridized carbons (Fsp3) is 0.750. The molecule has 16 heavy (non-hydrogen) atoms. The first-order valence-corrected chi connectivity index (χ1v) is 6.11. The average molecular weight is 221 g/mol. The van der Waals surface area contributed by atoms with Crippen molar-refractivity contribution in [3.8, 4) is 0 Å². The quantitative estimate of drug-likeness (QED) is 0.770. The van der Waals surface area contributed by atoms with Crippen LogP contribution in [-0.2, 0) is 11.8 Å². The highest BCUT2D eigenvalue weighted by atomic mass is 16.5. The predicted molar refractivity (Wildman–Crippen MR) is 61.4 cm³/mol. The Morgan fingerprint density at radius 3 is 3.00 bits per heavy atom. The average Bonchev–Trinajstić information content (AvgIpc) is 2.87. The first kappa shape index (κ1) is 10.3. The van der Waals surface area contributed by atoms with Gasteiger partial charge in [0.15, 0.2) is 0 Å². The minimum atomic E-state index is 0.158. The fourth-order valence-corrected chi connectivity index (χ4v) is 2.94. The van der Waals surface area contributed by atoms with Crippen molar-refractivity contribution in [2.45, 2.75) is 30.8 Å². The third-order valence-corrected chi connectivity index (χ3v) is 3.92. The Hall–Kier alpha value is -0.870. The molecule has 3 rings (SSSR count). The summed E-state index contributed by atoms with van der Waals surface area (Å²) < 4.78 is 7.96. The van der Waals surface area contributed by atoms with Gasteiger partial charge in [0.2, 0.25) is 0 Å². The van der Waals surface area contributed by atoms with E-state index in [0.29, 0.717) is 5.92 Å². The van der Waals surface area contributed by atoms with Crippen LogP contribution in [0.2, 0.25) is 0 Å². The van der Waals surface area contributed by atoms with E-state index in [9.17, 15) is 0 Å². The highest BCUT2D eigenvalue weighted by Crippen LogP contribution is 2.41. The van der Waals surface area contributed by atoms with Crippen LogP contribution in [0.3, 0.4) is 0 Å². The molecule has 2 fully saturated rings. The summed E-state index contributed by atoms with van der Waals surface area (Å²) in [6.45, 7) is 3.06. The van der Waals surface area contributed by atoms with Gasteiger partial charge in [-0.3, -0.25) is 4.68 Å². The number of piperidine rings is 1. The van der Waals surface area contributed by atoms with Crippen molar-refractivity contribution in [1.29, 1.82) is 0 Å². The van der Waals surface area contributed by atoms with E-state index in [1.54, 1.807) is 0 Å². The van der Waals surface area contributed by atoms with Gasteiger partial charge < -0.3 is 10.1 Å². The van der Waals surface area contributed by atoms with Crippen molar-refractivity contribution >= 4 is 0 Å². The SMILES string of the molecule is Cn1cc([C@H]2COC3(CCNCC3)C2)cn1. The first-order chi connectivity index (χ1) is 7.77. The Bertz CT molecular complexity index is 368. The number of hydrogen-bond donors (Lipinski definition) is 1. The number of rotatable bonds is 1. The van der Waals surface area contributed by atoms with Crippen LogP contribution in [0.15, 0.2) is 12.4 Å². The number of nitrogens with zero attached hydrogens (tertiary/aromatic N) is 2. The third-order valence-electron chi connectivity index (χ3n) is 3.92. The Kier molecular flexibility index (Phi) is 2.48. The summed E-state index contributed by atoms with van der Waals surface area (Å²) in [5, 5.41) is 7.64. The molecule has 2 saturated heterocycles. The zero-order valence-corrected chi connectivity index (χ0v) is 9.78. The number of aryl methyl sites for hydroxylation is 1. The lowest BCUT2D eigenvalue weighted by Gasteiger charge is -2.32. The van der Waals surface area contributed by atoms with Crippen LogP contribution in [0.5, 0.6) is 0 Å². The molecule has 3 heterocycles. The summed E-state index contributed by atoms with van der Waals surface area (Å²) in [6.07, 6.45) is 7.58. The second-order valence-electron chi connectivity index (χ2n) is 5.09. The van der Waals surface area contributed by atoms with Gasteiger partial charge in [-0.25, -0.2) is 0 Å². The molecule has 1 N–H and O–H groups in total. The van der Waals surface area contributed by atoms with Crippen molar-refractivity contribution in [3.63, 3.8) is 0 Å². The highest BCUT2D eigenvalue weighted by Gasteiger charge is 2.41. The molecule has 0 amide bonds. The van der Waals surface area contributed by atoms with E-state index >= 15 is 0 Å². The lowest BCUT2D eigenvalue weighted by Crippen LogP contribution is -2.41. The number of aromatic nitrogens is 2. The summed E-state index contributed by atoms with van der Waals surface area (Å²) in [7, 11) is 1.97. The molecule has 2 aliphatic rings. The molecule has 2 aliphatic heterocycles. The minimum Gasteiger partial charge on any atom is -0.374 e. The smallest absolute Gasteiger partial charge is 0.0713 e. The molecule has 1 spiro atoms. The molecule has 4 heteroatoms. The van der Waals surface area contributed by atoms with Crippen molar-refractivity contribution in [2.75, 3.05) is 19.7 Å². The molecule has 1 aromatic heterocycles. The summed E-state index contributed by atoms with van der Waals surface area (Å²) in [5.41, 5.74) is 1.49. The topological polar surface area (TPSA) is 39.1 Å². The monoisotopic (exact) mass is 221 g/mol. The molecule has 0 saturated carbocycles.